The Morgan fingerprint density at radius 3 is 2.59 bits per heavy atom. The van der Waals surface area contributed by atoms with Crippen LogP contribution in [0.5, 0.6) is 5.75 Å². The SMILES string of the molecule is O=C(O)CN1C(=O)S/C(=C/c2ccc(OCc3ccccc3)c(Br)c2)C1=O. The van der Waals surface area contributed by atoms with E-state index < -0.39 is 23.7 Å². The van der Waals surface area contributed by atoms with Gasteiger partial charge in [-0.15, -0.1) is 0 Å². The van der Waals surface area contributed by atoms with Gasteiger partial charge < -0.3 is 9.84 Å². The molecule has 2 aromatic carbocycles. The van der Waals surface area contributed by atoms with Crippen LogP contribution in [0.4, 0.5) is 4.79 Å². The van der Waals surface area contributed by atoms with Gasteiger partial charge in [-0.2, -0.15) is 0 Å². The van der Waals surface area contributed by atoms with Crippen LogP contribution in [-0.2, 0) is 16.2 Å². The first-order valence-corrected chi connectivity index (χ1v) is 9.48. The van der Waals surface area contributed by atoms with E-state index in [2.05, 4.69) is 15.9 Å². The Labute approximate surface area is 167 Å². The minimum Gasteiger partial charge on any atom is -0.488 e. The summed E-state index contributed by atoms with van der Waals surface area (Å²) < 4.78 is 6.48. The van der Waals surface area contributed by atoms with Crippen molar-refractivity contribution in [2.24, 2.45) is 0 Å². The van der Waals surface area contributed by atoms with Crippen LogP contribution in [0.15, 0.2) is 57.9 Å². The maximum atomic E-state index is 12.2. The highest BCUT2D eigenvalue weighted by molar-refractivity contribution is 9.10. The van der Waals surface area contributed by atoms with Crippen LogP contribution in [-0.4, -0.2) is 33.7 Å². The summed E-state index contributed by atoms with van der Waals surface area (Å²) in [5.74, 6) is -1.19. The van der Waals surface area contributed by atoms with Crippen molar-refractivity contribution < 1.29 is 24.2 Å². The predicted octanol–water partition coefficient (Wildman–Crippen LogP) is 4.15. The zero-order valence-electron chi connectivity index (χ0n) is 13.9. The van der Waals surface area contributed by atoms with Crippen LogP contribution in [0.2, 0.25) is 0 Å². The molecule has 1 saturated heterocycles. The molecule has 6 nitrogen and oxygen atoms in total. The topological polar surface area (TPSA) is 83.9 Å². The van der Waals surface area contributed by atoms with Crippen molar-refractivity contribution in [3.8, 4) is 5.75 Å². The lowest BCUT2D eigenvalue weighted by Crippen LogP contribution is -2.33. The number of benzene rings is 2. The standard InChI is InChI=1S/C19H14BrNO5S/c20-14-8-13(6-7-15(14)26-11-12-4-2-1-3-5-12)9-16-18(24)21(10-17(22)23)19(25)27-16/h1-9H,10-11H2,(H,22,23)/b16-9+. The lowest BCUT2D eigenvalue weighted by atomic mass is 10.2. The van der Waals surface area contributed by atoms with E-state index >= 15 is 0 Å². The van der Waals surface area contributed by atoms with Crippen LogP contribution >= 0.6 is 27.7 Å². The van der Waals surface area contributed by atoms with Gasteiger partial charge in [-0.25, -0.2) is 0 Å². The molecule has 0 spiro atoms. The minimum atomic E-state index is -1.23. The second-order valence-corrected chi connectivity index (χ2v) is 7.47. The molecule has 8 heteroatoms. The van der Waals surface area contributed by atoms with E-state index in [-0.39, 0.29) is 4.91 Å². The van der Waals surface area contributed by atoms with Gasteiger partial charge in [0.1, 0.15) is 18.9 Å². The van der Waals surface area contributed by atoms with Crippen LogP contribution in [0.25, 0.3) is 6.08 Å². The molecule has 0 radical (unpaired) electrons. The fourth-order valence-corrected chi connectivity index (χ4v) is 3.73. The molecule has 0 saturated carbocycles. The Bertz CT molecular complexity index is 929. The number of thioether (sulfide) groups is 1. The van der Waals surface area contributed by atoms with Crippen LogP contribution in [0, 0.1) is 0 Å². The molecule has 1 fully saturated rings. The predicted molar refractivity (Wildman–Crippen MR) is 105 cm³/mol. The fraction of sp³-hybridized carbons (Fsp3) is 0.105. The maximum Gasteiger partial charge on any atom is 0.323 e. The number of carboxylic acids is 1. The quantitative estimate of drug-likeness (QED) is 0.669. The summed E-state index contributed by atoms with van der Waals surface area (Å²) in [6.07, 6.45) is 1.55. The van der Waals surface area contributed by atoms with E-state index in [1.165, 1.54) is 0 Å². The zero-order chi connectivity index (χ0) is 19.4. The number of rotatable bonds is 6. The number of hydrogen-bond donors (Lipinski definition) is 1. The highest BCUT2D eigenvalue weighted by atomic mass is 79.9. The van der Waals surface area contributed by atoms with E-state index in [1.807, 2.05) is 30.3 Å². The smallest absolute Gasteiger partial charge is 0.323 e. The summed E-state index contributed by atoms with van der Waals surface area (Å²) in [4.78, 5) is 35.6. The monoisotopic (exact) mass is 447 g/mol. The van der Waals surface area contributed by atoms with E-state index in [1.54, 1.807) is 24.3 Å². The number of carbonyl (C=O) groups excluding carboxylic acids is 2. The first kappa shape index (κ1) is 19.2. The van der Waals surface area contributed by atoms with Gasteiger partial charge in [0.2, 0.25) is 0 Å². The number of hydrogen-bond acceptors (Lipinski definition) is 5. The lowest BCUT2D eigenvalue weighted by Gasteiger charge is -2.09. The van der Waals surface area contributed by atoms with Crippen molar-refractivity contribution in [2.75, 3.05) is 6.54 Å². The summed E-state index contributed by atoms with van der Waals surface area (Å²) in [7, 11) is 0. The number of amides is 2. The van der Waals surface area contributed by atoms with Crippen molar-refractivity contribution in [3.63, 3.8) is 0 Å². The number of ether oxygens (including phenoxy) is 1. The molecule has 1 aliphatic rings. The summed E-state index contributed by atoms with van der Waals surface area (Å²) in [6, 6.07) is 15.0. The molecule has 138 valence electrons. The zero-order valence-corrected chi connectivity index (χ0v) is 16.3. The van der Waals surface area contributed by atoms with Gasteiger partial charge in [-0.05, 0) is 57.0 Å². The van der Waals surface area contributed by atoms with Crippen molar-refractivity contribution in [2.45, 2.75) is 6.61 Å². The molecule has 0 aromatic heterocycles. The number of imide groups is 1. The van der Waals surface area contributed by atoms with Gasteiger partial charge in [-0.3, -0.25) is 19.3 Å². The van der Waals surface area contributed by atoms with Crippen molar-refractivity contribution >= 4 is 50.9 Å². The Morgan fingerprint density at radius 1 is 1.19 bits per heavy atom. The maximum absolute atomic E-state index is 12.2. The Balaban J connectivity index is 1.72. The normalized spacial score (nSPS) is 15.4. The van der Waals surface area contributed by atoms with Gasteiger partial charge in [0.05, 0.1) is 9.38 Å². The first-order chi connectivity index (χ1) is 12.9. The third kappa shape index (κ3) is 4.78. The molecule has 2 aromatic rings. The van der Waals surface area contributed by atoms with Gasteiger partial charge in [0, 0.05) is 0 Å². The molecule has 1 aliphatic heterocycles. The molecule has 2 amide bonds. The van der Waals surface area contributed by atoms with Crippen molar-refractivity contribution in [1.29, 1.82) is 0 Å². The molecule has 1 heterocycles. The molecular weight excluding hydrogens is 434 g/mol. The third-order valence-electron chi connectivity index (χ3n) is 3.66. The molecule has 0 unspecified atom stereocenters. The lowest BCUT2D eigenvalue weighted by molar-refractivity contribution is -0.140. The Morgan fingerprint density at radius 2 is 1.93 bits per heavy atom. The molecule has 27 heavy (non-hydrogen) atoms. The van der Waals surface area contributed by atoms with E-state index in [0.29, 0.717) is 27.3 Å². The van der Waals surface area contributed by atoms with Crippen molar-refractivity contribution in [1.82, 2.24) is 4.90 Å². The highest BCUT2D eigenvalue weighted by Crippen LogP contribution is 2.33. The molecule has 0 bridgehead atoms. The van der Waals surface area contributed by atoms with Crippen LogP contribution in [0.3, 0.4) is 0 Å². The Hall–Kier alpha value is -2.58. The number of aliphatic carboxylic acids is 1. The number of carbonyl (C=O) groups is 3. The second kappa shape index (κ2) is 8.41. The number of halogens is 1. The van der Waals surface area contributed by atoms with E-state index in [4.69, 9.17) is 9.84 Å². The summed E-state index contributed by atoms with van der Waals surface area (Å²) in [6.45, 7) is -0.217. The van der Waals surface area contributed by atoms with Gasteiger partial charge in [0.15, 0.2) is 0 Å². The van der Waals surface area contributed by atoms with Crippen molar-refractivity contribution in [3.05, 3.63) is 69.0 Å². The number of nitrogens with zero attached hydrogens (tertiary/aromatic N) is 1. The van der Waals surface area contributed by atoms with Crippen LogP contribution in [0.1, 0.15) is 11.1 Å². The van der Waals surface area contributed by atoms with Gasteiger partial charge >= 0.3 is 5.97 Å². The molecule has 1 N–H and O–H groups in total. The highest BCUT2D eigenvalue weighted by Gasteiger charge is 2.36. The minimum absolute atomic E-state index is 0.186. The number of carboxylic acid groups (broad SMARTS) is 1. The molecular formula is C19H14BrNO5S. The largest absolute Gasteiger partial charge is 0.488 e. The summed E-state index contributed by atoms with van der Waals surface area (Å²) in [5.41, 5.74) is 1.73. The summed E-state index contributed by atoms with van der Waals surface area (Å²) in [5, 5.41) is 8.20. The average molecular weight is 448 g/mol. The first-order valence-electron chi connectivity index (χ1n) is 7.87. The molecule has 0 aliphatic carbocycles. The third-order valence-corrected chi connectivity index (χ3v) is 5.18. The molecule has 0 atom stereocenters. The van der Waals surface area contributed by atoms with E-state index in [9.17, 15) is 14.4 Å². The Kier molecular flexibility index (Phi) is 5.98. The van der Waals surface area contributed by atoms with Crippen LogP contribution < -0.4 is 4.74 Å². The fourth-order valence-electron chi connectivity index (χ4n) is 2.38. The van der Waals surface area contributed by atoms with Gasteiger partial charge in [-0.1, -0.05) is 36.4 Å². The average Bonchev–Trinajstić information content (AvgIpc) is 2.89. The second-order valence-electron chi connectivity index (χ2n) is 5.63. The van der Waals surface area contributed by atoms with Gasteiger partial charge in [0.25, 0.3) is 11.1 Å². The summed E-state index contributed by atoms with van der Waals surface area (Å²) >= 11 is 4.17. The van der Waals surface area contributed by atoms with E-state index in [0.717, 1.165) is 17.3 Å². The molecule has 3 rings (SSSR count).